The minimum Gasteiger partial charge on any atom is -0.481 e. The summed E-state index contributed by atoms with van der Waals surface area (Å²) in [6, 6.07) is 20.1. The predicted molar refractivity (Wildman–Crippen MR) is 273 cm³/mol. The first kappa shape index (κ1) is 55.7. The molecule has 9 rings (SSSR count). The zero-order chi connectivity index (χ0) is 46.6. The summed E-state index contributed by atoms with van der Waals surface area (Å²) in [4.78, 5) is 35.1. The number of halogens is 4. The van der Waals surface area contributed by atoms with E-state index in [2.05, 4.69) is 29.3 Å². The molecule has 8 nitrogen and oxygen atoms in total. The largest absolute Gasteiger partial charge is 0.481 e. The number of nitrogens with two attached hydrogens (primary N) is 1. The number of hydrogen-bond acceptors (Lipinski definition) is 7. The number of alkyl halides is 1. The van der Waals surface area contributed by atoms with Crippen molar-refractivity contribution < 1.29 is 27.9 Å². The van der Waals surface area contributed by atoms with E-state index < -0.39 is 22.6 Å². The van der Waals surface area contributed by atoms with E-state index in [4.69, 9.17) is 34.5 Å². The first-order valence-corrected chi connectivity index (χ1v) is 25.0. The summed E-state index contributed by atoms with van der Waals surface area (Å²) < 4.78 is 41.9. The number of ketones is 1. The first-order chi connectivity index (χ1) is 31.3. The SMILES string of the molecule is C.C.CN1CCC(c2nc(C3(c4ccccc4F)CCCC3)cs2)CC1.CN1CCN(C(N)=S)CC1.O=C(CCl)C1(c2ccccc2F)CCCC1.O=C(O)C1(c2ccccc2F)CCCC1. The average molecular weight is 985 g/mol. The van der Waals surface area contributed by atoms with Crippen LogP contribution in [0.4, 0.5) is 13.2 Å². The number of carboxylic acid groups (broad SMARTS) is 1. The van der Waals surface area contributed by atoms with Gasteiger partial charge in [0.2, 0.25) is 0 Å². The molecule has 3 aromatic carbocycles. The van der Waals surface area contributed by atoms with Gasteiger partial charge in [-0.2, -0.15) is 0 Å². The monoisotopic (exact) mass is 983 g/mol. The van der Waals surface area contributed by atoms with Crippen molar-refractivity contribution in [2.45, 2.75) is 127 Å². The highest BCUT2D eigenvalue weighted by atomic mass is 35.5. The molecule has 1 aromatic heterocycles. The van der Waals surface area contributed by atoms with Gasteiger partial charge in [0, 0.05) is 54.0 Å². The quantitative estimate of drug-likeness (QED) is 0.132. The van der Waals surface area contributed by atoms with Crippen LogP contribution in [-0.4, -0.2) is 101 Å². The summed E-state index contributed by atoms with van der Waals surface area (Å²) in [6.45, 7) is 6.39. The van der Waals surface area contributed by atoms with E-state index in [9.17, 15) is 27.9 Å². The van der Waals surface area contributed by atoms with Crippen LogP contribution >= 0.6 is 35.2 Å². The van der Waals surface area contributed by atoms with Crippen molar-refractivity contribution >= 4 is 52.0 Å². The Morgan fingerprint density at radius 3 is 1.57 bits per heavy atom. The summed E-state index contributed by atoms with van der Waals surface area (Å²) >= 11 is 12.3. The Labute approximate surface area is 412 Å². The molecule has 0 radical (unpaired) electrons. The fourth-order valence-corrected chi connectivity index (χ4v) is 12.1. The van der Waals surface area contributed by atoms with E-state index >= 15 is 0 Å². The number of piperazine rings is 1. The topological polar surface area (TPSA) is 103 Å². The van der Waals surface area contributed by atoms with Gasteiger partial charge in [0.05, 0.1) is 27.4 Å². The molecule has 4 aromatic rings. The van der Waals surface area contributed by atoms with Gasteiger partial charge in [-0.3, -0.25) is 9.59 Å². The van der Waals surface area contributed by atoms with Crippen LogP contribution in [0.5, 0.6) is 0 Å². The van der Waals surface area contributed by atoms with Crippen molar-refractivity contribution in [1.82, 2.24) is 19.7 Å². The maximum Gasteiger partial charge on any atom is 0.314 e. The van der Waals surface area contributed by atoms with Crippen LogP contribution in [-0.2, 0) is 25.8 Å². The van der Waals surface area contributed by atoms with E-state index in [1.807, 2.05) is 17.0 Å². The summed E-state index contributed by atoms with van der Waals surface area (Å²) in [7, 11) is 4.30. The lowest BCUT2D eigenvalue weighted by molar-refractivity contribution is -0.143. The van der Waals surface area contributed by atoms with Crippen molar-refractivity contribution in [3.05, 3.63) is 123 Å². The Morgan fingerprint density at radius 1 is 0.701 bits per heavy atom. The van der Waals surface area contributed by atoms with Gasteiger partial charge in [-0.1, -0.05) is 108 Å². The Hall–Kier alpha value is -3.88. The normalized spacial score (nSPS) is 19.8. The summed E-state index contributed by atoms with van der Waals surface area (Å²) in [6.07, 6.45) is 12.9. The van der Waals surface area contributed by atoms with Gasteiger partial charge in [0.1, 0.15) is 17.5 Å². The third-order valence-corrected chi connectivity index (χ3v) is 16.0. The van der Waals surface area contributed by atoms with Crippen LogP contribution in [0.25, 0.3) is 0 Å². The van der Waals surface area contributed by atoms with E-state index in [-0.39, 0.29) is 43.6 Å². The first-order valence-electron chi connectivity index (χ1n) is 23.2. The molecule has 0 amide bonds. The number of rotatable bonds is 8. The number of benzene rings is 3. The van der Waals surface area contributed by atoms with Gasteiger partial charge in [-0.05, 0) is 115 Å². The van der Waals surface area contributed by atoms with Gasteiger partial charge >= 0.3 is 5.97 Å². The van der Waals surface area contributed by atoms with Gasteiger partial charge < -0.3 is 25.5 Å². The zero-order valence-electron chi connectivity index (χ0n) is 37.9. The van der Waals surface area contributed by atoms with Crippen molar-refractivity contribution in [3.8, 4) is 0 Å². The Balaban J connectivity index is 0.000000202. The number of likely N-dealkylation sites (tertiary alicyclic amines) is 1. The number of aliphatic carboxylic acids is 1. The van der Waals surface area contributed by atoms with Crippen molar-refractivity contribution in [2.24, 2.45) is 5.73 Å². The molecule has 3 heterocycles. The number of carbonyl (C=O) groups excluding carboxylic acids is 1. The van der Waals surface area contributed by atoms with E-state index in [1.54, 1.807) is 59.9 Å². The second kappa shape index (κ2) is 25.6. The number of carbonyl (C=O) groups is 2. The number of carboxylic acids is 1. The van der Waals surface area contributed by atoms with E-state index in [0.29, 0.717) is 35.0 Å². The summed E-state index contributed by atoms with van der Waals surface area (Å²) in [5, 5.41) is 13.3. The summed E-state index contributed by atoms with van der Waals surface area (Å²) in [5.41, 5.74) is 6.44. The van der Waals surface area contributed by atoms with Crippen LogP contribution in [0, 0.1) is 17.5 Å². The molecular weight excluding hydrogens is 911 g/mol. The molecule has 5 fully saturated rings. The maximum absolute atomic E-state index is 14.5. The molecule has 3 aliphatic carbocycles. The van der Waals surface area contributed by atoms with Crippen molar-refractivity contribution in [3.63, 3.8) is 0 Å². The van der Waals surface area contributed by atoms with Gasteiger partial charge in [-0.25, -0.2) is 18.2 Å². The highest BCUT2D eigenvalue weighted by Crippen LogP contribution is 2.48. The fourth-order valence-electron chi connectivity index (χ4n) is 10.5. The molecule has 0 spiro atoms. The van der Waals surface area contributed by atoms with Gasteiger partial charge in [-0.15, -0.1) is 22.9 Å². The number of Topliss-reactive ketones (excluding diaryl/α,β-unsaturated/α-hetero) is 1. The third kappa shape index (κ3) is 13.1. The lowest BCUT2D eigenvalue weighted by Gasteiger charge is -2.32. The van der Waals surface area contributed by atoms with Crippen LogP contribution in [0.3, 0.4) is 0 Å². The van der Waals surface area contributed by atoms with E-state index in [1.165, 1.54) is 30.0 Å². The average Bonchev–Trinajstić information content (AvgIpc) is 4.17. The number of nitrogens with zero attached hydrogens (tertiary/aromatic N) is 4. The van der Waals surface area contributed by atoms with Crippen molar-refractivity contribution in [1.29, 1.82) is 0 Å². The maximum atomic E-state index is 14.5. The number of aromatic nitrogens is 1. The second-order valence-electron chi connectivity index (χ2n) is 18.4. The molecule has 0 bridgehead atoms. The molecule has 2 saturated heterocycles. The van der Waals surface area contributed by atoms with Crippen LogP contribution in [0.15, 0.2) is 78.2 Å². The Morgan fingerprint density at radius 2 is 1.12 bits per heavy atom. The molecule has 2 aliphatic heterocycles. The summed E-state index contributed by atoms with van der Waals surface area (Å²) in [5.74, 6) is -1.16. The molecule has 14 heteroatoms. The van der Waals surface area contributed by atoms with Crippen LogP contribution in [0.1, 0.15) is 138 Å². The third-order valence-electron chi connectivity index (χ3n) is 14.5. The molecule has 67 heavy (non-hydrogen) atoms. The Bertz CT molecular complexity index is 2190. The zero-order valence-corrected chi connectivity index (χ0v) is 40.3. The molecule has 0 unspecified atom stereocenters. The minimum atomic E-state index is -0.981. The number of thiocarbonyl (C=S) groups is 1. The number of piperidine rings is 1. The smallest absolute Gasteiger partial charge is 0.314 e. The van der Waals surface area contributed by atoms with Gasteiger partial charge in [0.15, 0.2) is 10.9 Å². The minimum absolute atomic E-state index is 0. The standard InChI is InChI=1S/C20H25FN2S.C13H14ClFO.C12H13FO2.C6H13N3S.2CH4/c1-23-12-8-15(9-13-23)19-22-18(14-24-19)20(10-4-5-11-20)16-6-2-3-7-17(16)21;14-9-12(16)13(7-3-4-8-13)10-5-1-2-6-11(10)15;13-10-6-2-1-5-9(10)12(11(14)15)7-3-4-8-12;1-8-2-4-9(5-3-8)6(7)10;;/h2-3,6-7,14-15H,4-5,8-13H2,1H3;1-2,5-6H,3-4,7-9H2;1-2,5-6H,3-4,7-8H2,(H,14,15);2-5H2,1H3,(H2,7,10);2*1H4. The molecular formula is C53H73ClF3N5O3S2. The molecule has 368 valence electrons. The molecule has 3 N–H and O–H groups in total. The lowest BCUT2D eigenvalue weighted by Crippen LogP contribution is -2.48. The number of likely N-dealkylation sites (N-methyl/N-ethyl adjacent to an activating group) is 1. The number of thiazole rings is 1. The second-order valence-corrected chi connectivity index (χ2v) is 20.0. The molecule has 5 aliphatic rings. The van der Waals surface area contributed by atoms with E-state index in [0.717, 1.165) is 115 Å². The molecule has 3 saturated carbocycles. The van der Waals surface area contributed by atoms with Crippen molar-refractivity contribution in [2.75, 3.05) is 59.2 Å². The predicted octanol–water partition coefficient (Wildman–Crippen LogP) is 11.9. The molecule has 0 atom stereocenters. The Kier molecular flexibility index (Phi) is 21.3. The highest BCUT2D eigenvalue weighted by Gasteiger charge is 2.45. The lowest BCUT2D eigenvalue weighted by atomic mass is 9.75. The highest BCUT2D eigenvalue weighted by molar-refractivity contribution is 7.80. The fraction of sp³-hybridized carbons (Fsp3) is 0.547. The van der Waals surface area contributed by atoms with Crippen LogP contribution < -0.4 is 5.73 Å². The van der Waals surface area contributed by atoms with Crippen LogP contribution in [0.2, 0.25) is 0 Å². The van der Waals surface area contributed by atoms with Gasteiger partial charge in [0.25, 0.3) is 0 Å². The number of hydrogen-bond donors (Lipinski definition) is 2.